The van der Waals surface area contributed by atoms with Crippen molar-refractivity contribution < 1.29 is 5.11 Å². The van der Waals surface area contributed by atoms with Crippen molar-refractivity contribution in [3.8, 4) is 0 Å². The summed E-state index contributed by atoms with van der Waals surface area (Å²) in [6.07, 6.45) is 6.53. The minimum atomic E-state index is 0.373. The fourth-order valence-corrected chi connectivity index (χ4v) is 4.14. The van der Waals surface area contributed by atoms with Crippen LogP contribution in [-0.2, 0) is 0 Å². The van der Waals surface area contributed by atoms with E-state index in [2.05, 4.69) is 20.8 Å². The van der Waals surface area contributed by atoms with E-state index in [1.807, 2.05) is 0 Å². The van der Waals surface area contributed by atoms with Crippen molar-refractivity contribution in [2.75, 3.05) is 6.61 Å². The van der Waals surface area contributed by atoms with Crippen LogP contribution in [0.25, 0.3) is 0 Å². The molecule has 14 heavy (non-hydrogen) atoms. The molecule has 1 N–H and O–H groups in total. The normalized spacial score (nSPS) is 44.6. The fourth-order valence-electron chi connectivity index (χ4n) is 4.14. The van der Waals surface area contributed by atoms with Crippen molar-refractivity contribution in [1.29, 1.82) is 0 Å². The molecule has 0 aromatic carbocycles. The van der Waals surface area contributed by atoms with Gasteiger partial charge in [0.05, 0.1) is 0 Å². The molecule has 2 saturated carbocycles. The van der Waals surface area contributed by atoms with E-state index in [0.29, 0.717) is 17.4 Å². The van der Waals surface area contributed by atoms with E-state index in [9.17, 15) is 0 Å². The summed E-state index contributed by atoms with van der Waals surface area (Å²) in [6.45, 7) is 7.78. The van der Waals surface area contributed by atoms with Gasteiger partial charge >= 0.3 is 0 Å². The Hall–Kier alpha value is -0.0400. The average Bonchev–Trinajstić information content (AvgIpc) is 2.46. The van der Waals surface area contributed by atoms with Crippen LogP contribution in [0.5, 0.6) is 0 Å². The van der Waals surface area contributed by atoms with Crippen molar-refractivity contribution in [3.63, 3.8) is 0 Å². The summed E-state index contributed by atoms with van der Waals surface area (Å²) >= 11 is 0. The highest BCUT2D eigenvalue weighted by Crippen LogP contribution is 2.68. The molecular weight excluding hydrogens is 172 g/mol. The molecule has 0 radical (unpaired) electrons. The summed E-state index contributed by atoms with van der Waals surface area (Å²) in [4.78, 5) is 0. The first-order valence-corrected chi connectivity index (χ1v) is 6.13. The minimum Gasteiger partial charge on any atom is -0.396 e. The summed E-state index contributed by atoms with van der Waals surface area (Å²) in [5, 5.41) is 8.91. The third-order valence-electron chi connectivity index (χ3n) is 5.69. The lowest BCUT2D eigenvalue weighted by Gasteiger charge is -2.39. The van der Waals surface area contributed by atoms with Crippen LogP contribution in [0.4, 0.5) is 0 Å². The molecule has 0 aromatic heterocycles. The molecule has 0 spiro atoms. The molecule has 2 rings (SSSR count). The topological polar surface area (TPSA) is 20.2 Å². The van der Waals surface area contributed by atoms with Crippen LogP contribution in [0.2, 0.25) is 0 Å². The van der Waals surface area contributed by atoms with E-state index < -0.39 is 0 Å². The molecule has 2 fully saturated rings. The molecule has 0 heterocycles. The van der Waals surface area contributed by atoms with Crippen LogP contribution in [0, 0.1) is 22.7 Å². The van der Waals surface area contributed by atoms with Gasteiger partial charge in [-0.3, -0.25) is 0 Å². The summed E-state index contributed by atoms with van der Waals surface area (Å²) in [5.74, 6) is 1.83. The van der Waals surface area contributed by atoms with Gasteiger partial charge in [-0.1, -0.05) is 20.8 Å². The van der Waals surface area contributed by atoms with E-state index in [1.54, 1.807) is 0 Å². The van der Waals surface area contributed by atoms with Gasteiger partial charge in [-0.15, -0.1) is 0 Å². The standard InChI is InChI=1S/C13H24O/c1-12(2)10-6-7-13(12,3)11(9-10)5-4-8-14/h10-11,14H,4-9H2,1-3H3. The monoisotopic (exact) mass is 196 g/mol. The highest BCUT2D eigenvalue weighted by molar-refractivity contribution is 5.09. The molecule has 2 bridgehead atoms. The Morgan fingerprint density at radius 1 is 1.29 bits per heavy atom. The lowest BCUT2D eigenvalue weighted by atomic mass is 9.66. The second-order valence-corrected chi connectivity index (χ2v) is 6.17. The number of aliphatic hydroxyl groups is 1. The second-order valence-electron chi connectivity index (χ2n) is 6.17. The van der Waals surface area contributed by atoms with Gasteiger partial charge in [-0.2, -0.15) is 0 Å². The van der Waals surface area contributed by atoms with E-state index in [0.717, 1.165) is 18.3 Å². The molecule has 82 valence electrons. The smallest absolute Gasteiger partial charge is 0.0431 e. The van der Waals surface area contributed by atoms with E-state index in [-0.39, 0.29) is 0 Å². The van der Waals surface area contributed by atoms with Gasteiger partial charge in [0.2, 0.25) is 0 Å². The van der Waals surface area contributed by atoms with Crippen molar-refractivity contribution in [3.05, 3.63) is 0 Å². The van der Waals surface area contributed by atoms with Gasteiger partial charge in [0.25, 0.3) is 0 Å². The fraction of sp³-hybridized carbons (Fsp3) is 1.00. The number of rotatable bonds is 3. The van der Waals surface area contributed by atoms with Crippen LogP contribution in [0.1, 0.15) is 52.9 Å². The van der Waals surface area contributed by atoms with E-state index in [1.165, 1.54) is 25.7 Å². The maximum Gasteiger partial charge on any atom is 0.0431 e. The maximum atomic E-state index is 8.91. The van der Waals surface area contributed by atoms with Crippen LogP contribution in [0.15, 0.2) is 0 Å². The van der Waals surface area contributed by atoms with Gasteiger partial charge in [-0.25, -0.2) is 0 Å². The number of fused-ring (bicyclic) bond motifs is 2. The molecule has 0 amide bonds. The van der Waals surface area contributed by atoms with Gasteiger partial charge in [0.15, 0.2) is 0 Å². The van der Waals surface area contributed by atoms with Crippen molar-refractivity contribution in [1.82, 2.24) is 0 Å². The Balaban J connectivity index is 2.11. The Bertz CT molecular complexity index is 221. The van der Waals surface area contributed by atoms with Crippen LogP contribution in [0.3, 0.4) is 0 Å². The predicted octanol–water partition coefficient (Wildman–Crippen LogP) is 3.22. The molecular formula is C13H24O. The molecule has 2 aliphatic rings. The minimum absolute atomic E-state index is 0.373. The Kier molecular flexibility index (Phi) is 2.42. The summed E-state index contributed by atoms with van der Waals surface area (Å²) in [6, 6.07) is 0. The number of hydrogen-bond donors (Lipinski definition) is 1. The largest absolute Gasteiger partial charge is 0.396 e. The highest BCUT2D eigenvalue weighted by atomic mass is 16.2. The molecule has 0 aliphatic heterocycles. The first-order chi connectivity index (χ1) is 6.52. The third-order valence-corrected chi connectivity index (χ3v) is 5.69. The zero-order valence-electron chi connectivity index (χ0n) is 9.84. The first kappa shape index (κ1) is 10.5. The predicted molar refractivity (Wildman–Crippen MR) is 59.0 cm³/mol. The lowest BCUT2D eigenvalue weighted by Crippen LogP contribution is -2.32. The zero-order valence-corrected chi connectivity index (χ0v) is 9.84. The molecule has 0 saturated heterocycles. The molecule has 2 aliphatic carbocycles. The molecule has 3 unspecified atom stereocenters. The summed E-state index contributed by atoms with van der Waals surface area (Å²) < 4.78 is 0. The summed E-state index contributed by atoms with van der Waals surface area (Å²) in [5.41, 5.74) is 1.11. The van der Waals surface area contributed by atoms with Gasteiger partial charge < -0.3 is 5.11 Å². The molecule has 0 aromatic rings. The SMILES string of the molecule is CC1(C)C2CCC1(C)C(CCCO)C2. The second kappa shape index (κ2) is 3.23. The van der Waals surface area contributed by atoms with Gasteiger partial charge in [-0.05, 0) is 54.8 Å². The Labute approximate surface area is 87.9 Å². The van der Waals surface area contributed by atoms with Crippen molar-refractivity contribution >= 4 is 0 Å². The van der Waals surface area contributed by atoms with Crippen LogP contribution >= 0.6 is 0 Å². The van der Waals surface area contributed by atoms with Crippen molar-refractivity contribution in [2.24, 2.45) is 22.7 Å². The lowest BCUT2D eigenvalue weighted by molar-refractivity contribution is 0.0928. The quantitative estimate of drug-likeness (QED) is 0.735. The van der Waals surface area contributed by atoms with Gasteiger partial charge in [0.1, 0.15) is 0 Å². The maximum absolute atomic E-state index is 8.91. The average molecular weight is 196 g/mol. The zero-order chi connectivity index (χ0) is 10.4. The van der Waals surface area contributed by atoms with Crippen molar-refractivity contribution in [2.45, 2.75) is 52.9 Å². The molecule has 1 heteroatoms. The van der Waals surface area contributed by atoms with Crippen LogP contribution < -0.4 is 0 Å². The van der Waals surface area contributed by atoms with E-state index >= 15 is 0 Å². The highest BCUT2D eigenvalue weighted by Gasteiger charge is 2.60. The van der Waals surface area contributed by atoms with Crippen LogP contribution in [-0.4, -0.2) is 11.7 Å². The molecule has 1 nitrogen and oxygen atoms in total. The number of aliphatic hydroxyl groups excluding tert-OH is 1. The molecule has 3 atom stereocenters. The third kappa shape index (κ3) is 1.18. The van der Waals surface area contributed by atoms with Gasteiger partial charge in [0, 0.05) is 6.61 Å². The number of hydrogen-bond acceptors (Lipinski definition) is 1. The summed E-state index contributed by atoms with van der Waals surface area (Å²) in [7, 11) is 0. The Morgan fingerprint density at radius 2 is 2.00 bits per heavy atom. The first-order valence-electron chi connectivity index (χ1n) is 6.13. The van der Waals surface area contributed by atoms with E-state index in [4.69, 9.17) is 5.11 Å². The Morgan fingerprint density at radius 3 is 2.43 bits per heavy atom.